The number of carbonyl (C=O) groups excluding carboxylic acids is 3. The molecule has 1 unspecified atom stereocenters. The monoisotopic (exact) mass is 315 g/mol. The summed E-state index contributed by atoms with van der Waals surface area (Å²) in [7, 11) is 0. The van der Waals surface area contributed by atoms with E-state index in [0.717, 1.165) is 0 Å². The number of esters is 1. The van der Waals surface area contributed by atoms with Crippen molar-refractivity contribution in [3.05, 3.63) is 11.3 Å². The number of rotatable bonds is 6. The summed E-state index contributed by atoms with van der Waals surface area (Å²) in [6.07, 6.45) is -0.724. The number of β-lactam (4-membered cyclic amide) rings is 1. The summed E-state index contributed by atoms with van der Waals surface area (Å²) in [6.45, 7) is 1.07. The van der Waals surface area contributed by atoms with E-state index in [1.54, 1.807) is 0 Å². The average molecular weight is 315 g/mol. The molecule has 0 aliphatic carbocycles. The standard InChI is InChI=1S/C12H13NO7S/c1-6(15)20-8(3-19-5-14)7-4-21-10-2-9(16)13(10)11(7)12(17)18/h5,8,10H,2-4H2,1H3,(H,17,18)/t8?,10-/m1/s1. The average Bonchev–Trinajstić information content (AvgIpc) is 2.41. The maximum absolute atomic E-state index is 11.6. The number of carbonyl (C=O) groups is 4. The summed E-state index contributed by atoms with van der Waals surface area (Å²) >= 11 is 1.38. The van der Waals surface area contributed by atoms with Gasteiger partial charge in [-0.3, -0.25) is 19.3 Å². The molecule has 21 heavy (non-hydrogen) atoms. The fraction of sp³-hybridized carbons (Fsp3) is 0.500. The van der Waals surface area contributed by atoms with Crippen molar-refractivity contribution in [2.75, 3.05) is 12.4 Å². The first-order valence-corrected chi connectivity index (χ1v) is 7.13. The fourth-order valence-corrected chi connectivity index (χ4v) is 3.54. The van der Waals surface area contributed by atoms with E-state index < -0.39 is 18.0 Å². The molecular formula is C12H13NO7S. The van der Waals surface area contributed by atoms with Crippen LogP contribution in [0.1, 0.15) is 13.3 Å². The van der Waals surface area contributed by atoms with Gasteiger partial charge in [-0.15, -0.1) is 11.8 Å². The van der Waals surface area contributed by atoms with Crippen LogP contribution in [0, 0.1) is 0 Å². The highest BCUT2D eigenvalue weighted by molar-refractivity contribution is 8.00. The first kappa shape index (κ1) is 15.4. The molecule has 2 rings (SSSR count). The quantitative estimate of drug-likeness (QED) is 0.405. The number of thioether (sulfide) groups is 1. The van der Waals surface area contributed by atoms with Gasteiger partial charge in [-0.1, -0.05) is 0 Å². The molecule has 114 valence electrons. The zero-order chi connectivity index (χ0) is 15.6. The molecule has 2 aliphatic heterocycles. The molecule has 0 aromatic heterocycles. The normalized spacial score (nSPS) is 22.0. The second-order valence-corrected chi connectivity index (χ2v) is 5.61. The van der Waals surface area contributed by atoms with Crippen molar-refractivity contribution >= 4 is 36.1 Å². The number of nitrogens with zero attached hydrogens (tertiary/aromatic N) is 1. The van der Waals surface area contributed by atoms with Gasteiger partial charge in [-0.2, -0.15) is 0 Å². The third-order valence-electron chi connectivity index (χ3n) is 3.10. The topological polar surface area (TPSA) is 110 Å². The Hall–Kier alpha value is -2.03. The molecule has 1 saturated heterocycles. The van der Waals surface area contributed by atoms with Crippen LogP contribution in [0.5, 0.6) is 0 Å². The minimum Gasteiger partial charge on any atom is -0.477 e. The number of hydrogen-bond donors (Lipinski definition) is 1. The Morgan fingerprint density at radius 1 is 1.57 bits per heavy atom. The molecule has 1 N–H and O–H groups in total. The zero-order valence-corrected chi connectivity index (χ0v) is 11.9. The molecule has 2 aliphatic rings. The van der Waals surface area contributed by atoms with Crippen LogP contribution in [-0.2, 0) is 28.7 Å². The summed E-state index contributed by atoms with van der Waals surface area (Å²) in [5.41, 5.74) is 0.0737. The van der Waals surface area contributed by atoms with E-state index in [4.69, 9.17) is 4.74 Å². The van der Waals surface area contributed by atoms with E-state index in [2.05, 4.69) is 4.74 Å². The molecule has 0 aromatic rings. The minimum absolute atomic E-state index is 0.184. The van der Waals surface area contributed by atoms with E-state index in [0.29, 0.717) is 0 Å². The molecule has 0 aromatic carbocycles. The Bertz CT molecular complexity index is 530. The van der Waals surface area contributed by atoms with Crippen LogP contribution in [0.4, 0.5) is 0 Å². The van der Waals surface area contributed by atoms with Gasteiger partial charge < -0.3 is 14.6 Å². The van der Waals surface area contributed by atoms with Crippen molar-refractivity contribution in [2.24, 2.45) is 0 Å². The summed E-state index contributed by atoms with van der Waals surface area (Å²) in [6, 6.07) is 0. The molecular weight excluding hydrogens is 302 g/mol. The number of hydrogen-bond acceptors (Lipinski definition) is 7. The van der Waals surface area contributed by atoms with Crippen molar-refractivity contribution < 1.29 is 33.8 Å². The Kier molecular flexibility index (Phi) is 4.51. The lowest BCUT2D eigenvalue weighted by molar-refractivity contribution is -0.151. The number of fused-ring (bicyclic) bond motifs is 1. The Morgan fingerprint density at radius 3 is 2.81 bits per heavy atom. The lowest BCUT2D eigenvalue weighted by Gasteiger charge is -2.44. The van der Waals surface area contributed by atoms with Crippen LogP contribution in [0.25, 0.3) is 0 Å². The van der Waals surface area contributed by atoms with E-state index in [1.807, 2.05) is 0 Å². The van der Waals surface area contributed by atoms with Crippen LogP contribution in [0.3, 0.4) is 0 Å². The first-order valence-electron chi connectivity index (χ1n) is 6.08. The van der Waals surface area contributed by atoms with Gasteiger partial charge in [0.1, 0.15) is 12.3 Å². The van der Waals surface area contributed by atoms with Crippen LogP contribution in [0.2, 0.25) is 0 Å². The SMILES string of the molecule is CC(=O)OC(COC=O)C1=C(C(=O)O)N2C(=O)C[C@H]2SC1. The summed E-state index contributed by atoms with van der Waals surface area (Å²) in [5.74, 6) is -1.91. The van der Waals surface area contributed by atoms with E-state index in [1.165, 1.54) is 23.6 Å². The van der Waals surface area contributed by atoms with Crippen molar-refractivity contribution in [2.45, 2.75) is 24.8 Å². The summed E-state index contributed by atoms with van der Waals surface area (Å²) in [5, 5.41) is 9.15. The van der Waals surface area contributed by atoms with Crippen LogP contribution in [0.15, 0.2) is 11.3 Å². The van der Waals surface area contributed by atoms with Crippen LogP contribution < -0.4 is 0 Å². The van der Waals surface area contributed by atoms with Gasteiger partial charge in [-0.25, -0.2) is 4.79 Å². The highest BCUT2D eigenvalue weighted by Crippen LogP contribution is 2.41. The molecule has 0 saturated carbocycles. The predicted octanol–water partition coefficient (Wildman–Crippen LogP) is -0.265. The van der Waals surface area contributed by atoms with Gasteiger partial charge in [0.15, 0.2) is 6.10 Å². The minimum atomic E-state index is -1.27. The maximum Gasteiger partial charge on any atom is 0.352 e. The number of ether oxygens (including phenoxy) is 2. The lowest BCUT2D eigenvalue weighted by Crippen LogP contribution is -2.55. The summed E-state index contributed by atoms with van der Waals surface area (Å²) in [4.78, 5) is 45.7. The van der Waals surface area contributed by atoms with Crippen LogP contribution in [-0.4, -0.2) is 58.2 Å². The van der Waals surface area contributed by atoms with Crippen molar-refractivity contribution in [1.29, 1.82) is 0 Å². The van der Waals surface area contributed by atoms with E-state index >= 15 is 0 Å². The molecule has 0 radical (unpaired) electrons. The molecule has 1 fully saturated rings. The molecule has 8 nitrogen and oxygen atoms in total. The van der Waals surface area contributed by atoms with Crippen molar-refractivity contribution in [3.8, 4) is 0 Å². The van der Waals surface area contributed by atoms with Crippen molar-refractivity contribution in [1.82, 2.24) is 4.90 Å². The van der Waals surface area contributed by atoms with Gasteiger partial charge in [0.25, 0.3) is 6.47 Å². The second kappa shape index (κ2) is 6.17. The highest BCUT2D eigenvalue weighted by atomic mass is 32.2. The number of amides is 1. The molecule has 9 heteroatoms. The van der Waals surface area contributed by atoms with Gasteiger partial charge in [0.2, 0.25) is 5.91 Å². The molecule has 0 bridgehead atoms. The second-order valence-electron chi connectivity index (χ2n) is 4.44. The maximum atomic E-state index is 11.6. The first-order chi connectivity index (χ1) is 9.95. The highest BCUT2D eigenvalue weighted by Gasteiger charge is 2.47. The number of aliphatic carboxylic acids is 1. The van der Waals surface area contributed by atoms with Gasteiger partial charge in [0, 0.05) is 18.2 Å². The fourth-order valence-electron chi connectivity index (χ4n) is 2.22. The Balaban J connectivity index is 2.35. The number of carboxylic acids is 1. The Labute approximate surface area is 124 Å². The zero-order valence-electron chi connectivity index (χ0n) is 11.1. The molecule has 1 amide bonds. The molecule has 2 heterocycles. The Morgan fingerprint density at radius 2 is 2.29 bits per heavy atom. The third-order valence-corrected chi connectivity index (χ3v) is 4.34. The largest absolute Gasteiger partial charge is 0.477 e. The lowest BCUT2D eigenvalue weighted by atomic mass is 10.0. The van der Waals surface area contributed by atoms with Crippen LogP contribution >= 0.6 is 11.8 Å². The predicted molar refractivity (Wildman–Crippen MR) is 69.9 cm³/mol. The smallest absolute Gasteiger partial charge is 0.352 e. The number of carboxylic acid groups (broad SMARTS) is 1. The van der Waals surface area contributed by atoms with E-state index in [9.17, 15) is 24.3 Å². The van der Waals surface area contributed by atoms with Gasteiger partial charge in [-0.05, 0) is 0 Å². The van der Waals surface area contributed by atoms with Gasteiger partial charge in [0.05, 0.1) is 11.8 Å². The van der Waals surface area contributed by atoms with Gasteiger partial charge >= 0.3 is 11.9 Å². The molecule has 2 atom stereocenters. The van der Waals surface area contributed by atoms with Crippen molar-refractivity contribution in [3.63, 3.8) is 0 Å². The third kappa shape index (κ3) is 3.02. The van der Waals surface area contributed by atoms with E-state index in [-0.39, 0.29) is 47.8 Å². The molecule has 0 spiro atoms. The summed E-state index contributed by atoms with van der Waals surface area (Å²) < 4.78 is 9.61.